The van der Waals surface area contributed by atoms with Crippen molar-refractivity contribution >= 4 is 5.69 Å². The fourth-order valence-electron chi connectivity index (χ4n) is 1.68. The monoisotopic (exact) mass is 301 g/mol. The van der Waals surface area contributed by atoms with Gasteiger partial charge in [0.15, 0.2) is 5.82 Å². The molecule has 1 aromatic carbocycles. The Hall–Kier alpha value is -2.16. The van der Waals surface area contributed by atoms with E-state index in [1.165, 1.54) is 4.68 Å². The molecular formula is C12H14F3N5O. The van der Waals surface area contributed by atoms with Gasteiger partial charge in [-0.25, -0.2) is 4.68 Å². The Morgan fingerprint density at radius 2 is 2.10 bits per heavy atom. The lowest BCUT2D eigenvalue weighted by molar-refractivity contribution is -0.174. The molecule has 21 heavy (non-hydrogen) atoms. The summed E-state index contributed by atoms with van der Waals surface area (Å²) in [7, 11) is 0. The lowest BCUT2D eigenvalue weighted by Gasteiger charge is -2.09. The molecule has 0 saturated carbocycles. The van der Waals surface area contributed by atoms with Crippen molar-refractivity contribution in [3.05, 3.63) is 23.8 Å². The van der Waals surface area contributed by atoms with E-state index in [0.717, 1.165) is 5.56 Å². The Bertz CT molecular complexity index is 611. The lowest BCUT2D eigenvalue weighted by Crippen LogP contribution is -2.19. The Morgan fingerprint density at radius 3 is 2.76 bits per heavy atom. The molecule has 0 unspecified atom stereocenters. The van der Waals surface area contributed by atoms with E-state index in [1.807, 2.05) is 13.0 Å². The number of nitrogen functional groups attached to an aromatic ring is 1. The first-order chi connectivity index (χ1) is 9.87. The summed E-state index contributed by atoms with van der Waals surface area (Å²) in [6, 6.07) is 5.34. The Kier molecular flexibility index (Phi) is 4.41. The van der Waals surface area contributed by atoms with Crippen molar-refractivity contribution in [2.45, 2.75) is 19.6 Å². The number of rotatable bonds is 5. The van der Waals surface area contributed by atoms with E-state index in [2.05, 4.69) is 20.3 Å². The number of nitrogens with zero attached hydrogens (tertiary/aromatic N) is 4. The summed E-state index contributed by atoms with van der Waals surface area (Å²) in [6.45, 7) is 0.556. The van der Waals surface area contributed by atoms with Crippen LogP contribution in [0.4, 0.5) is 18.9 Å². The molecule has 0 amide bonds. The van der Waals surface area contributed by atoms with Crippen LogP contribution >= 0.6 is 0 Å². The van der Waals surface area contributed by atoms with Gasteiger partial charge < -0.3 is 10.5 Å². The standard InChI is InChI=1S/C12H14F3N5O/c1-8-2-3-9(6-10(8)16)11-17-18-19-20(11)4-5-21-7-12(13,14)15/h2-3,6H,4-5,7,16H2,1H3. The molecule has 2 rings (SSSR count). The molecule has 0 fully saturated rings. The highest BCUT2D eigenvalue weighted by Gasteiger charge is 2.27. The van der Waals surface area contributed by atoms with E-state index >= 15 is 0 Å². The van der Waals surface area contributed by atoms with Crippen LogP contribution in [0.5, 0.6) is 0 Å². The maximum absolute atomic E-state index is 12.0. The van der Waals surface area contributed by atoms with Gasteiger partial charge in [0.1, 0.15) is 6.61 Å². The van der Waals surface area contributed by atoms with Gasteiger partial charge in [0.25, 0.3) is 0 Å². The molecule has 0 atom stereocenters. The summed E-state index contributed by atoms with van der Waals surface area (Å²) < 4.78 is 41.8. The van der Waals surface area contributed by atoms with Crippen molar-refractivity contribution in [1.82, 2.24) is 20.2 Å². The summed E-state index contributed by atoms with van der Waals surface area (Å²) in [5.74, 6) is 0.428. The second-order valence-electron chi connectivity index (χ2n) is 4.46. The van der Waals surface area contributed by atoms with Crippen molar-refractivity contribution in [1.29, 1.82) is 0 Å². The third-order valence-corrected chi connectivity index (χ3v) is 2.78. The van der Waals surface area contributed by atoms with E-state index in [4.69, 9.17) is 5.73 Å². The summed E-state index contributed by atoms with van der Waals surface area (Å²) in [5, 5.41) is 11.1. The first kappa shape index (κ1) is 15.2. The molecule has 0 aliphatic heterocycles. The van der Waals surface area contributed by atoms with Gasteiger partial charge in [0.2, 0.25) is 0 Å². The molecule has 114 valence electrons. The molecule has 6 nitrogen and oxygen atoms in total. The topological polar surface area (TPSA) is 78.8 Å². The highest BCUT2D eigenvalue weighted by atomic mass is 19.4. The first-order valence-electron chi connectivity index (χ1n) is 6.14. The Labute approximate surface area is 118 Å². The number of tetrazole rings is 1. The van der Waals surface area contributed by atoms with Crippen LogP contribution in [0.1, 0.15) is 5.56 Å². The quantitative estimate of drug-likeness (QED) is 0.673. The number of benzene rings is 1. The van der Waals surface area contributed by atoms with Crippen LogP contribution < -0.4 is 5.73 Å². The number of alkyl halides is 3. The molecule has 9 heteroatoms. The normalized spacial score (nSPS) is 11.8. The van der Waals surface area contributed by atoms with Crippen LogP contribution in [0.3, 0.4) is 0 Å². The van der Waals surface area contributed by atoms with E-state index in [-0.39, 0.29) is 13.2 Å². The van der Waals surface area contributed by atoms with E-state index in [0.29, 0.717) is 17.1 Å². The predicted molar refractivity (Wildman–Crippen MR) is 69.3 cm³/mol. The van der Waals surface area contributed by atoms with Crippen LogP contribution in [0.15, 0.2) is 18.2 Å². The minimum Gasteiger partial charge on any atom is -0.398 e. The maximum Gasteiger partial charge on any atom is 0.411 e. The van der Waals surface area contributed by atoms with E-state index in [1.54, 1.807) is 12.1 Å². The largest absolute Gasteiger partial charge is 0.411 e. The molecule has 0 aliphatic carbocycles. The van der Waals surface area contributed by atoms with Crippen molar-refractivity contribution in [3.8, 4) is 11.4 Å². The molecule has 1 aromatic heterocycles. The average Bonchev–Trinajstić information content (AvgIpc) is 2.85. The van der Waals surface area contributed by atoms with Gasteiger partial charge in [-0.1, -0.05) is 12.1 Å². The first-order valence-corrected chi connectivity index (χ1v) is 6.14. The van der Waals surface area contributed by atoms with Gasteiger partial charge in [-0.05, 0) is 29.0 Å². The smallest absolute Gasteiger partial charge is 0.398 e. The summed E-state index contributed by atoms with van der Waals surface area (Å²) in [4.78, 5) is 0. The van der Waals surface area contributed by atoms with Crippen LogP contribution in [0, 0.1) is 6.92 Å². The number of ether oxygens (including phenoxy) is 1. The maximum atomic E-state index is 12.0. The van der Waals surface area contributed by atoms with Gasteiger partial charge >= 0.3 is 6.18 Å². The van der Waals surface area contributed by atoms with Crippen LogP contribution in [0.2, 0.25) is 0 Å². The fourth-order valence-corrected chi connectivity index (χ4v) is 1.68. The molecule has 0 bridgehead atoms. The molecule has 2 aromatic rings. The minimum absolute atomic E-state index is 0.117. The number of halogens is 3. The summed E-state index contributed by atoms with van der Waals surface area (Å²) >= 11 is 0. The third kappa shape index (κ3) is 4.15. The third-order valence-electron chi connectivity index (χ3n) is 2.78. The highest BCUT2D eigenvalue weighted by molar-refractivity contribution is 5.63. The van der Waals surface area contributed by atoms with Gasteiger partial charge in [-0.15, -0.1) is 5.10 Å². The van der Waals surface area contributed by atoms with Crippen molar-refractivity contribution in [2.24, 2.45) is 0 Å². The molecule has 1 heterocycles. The number of aryl methyl sites for hydroxylation is 1. The number of hydrogen-bond donors (Lipinski definition) is 1. The van der Waals surface area contributed by atoms with E-state index in [9.17, 15) is 13.2 Å². The second-order valence-corrected chi connectivity index (χ2v) is 4.46. The summed E-state index contributed by atoms with van der Waals surface area (Å²) in [6.07, 6.45) is -4.34. The lowest BCUT2D eigenvalue weighted by atomic mass is 10.1. The molecule has 2 N–H and O–H groups in total. The number of hydrogen-bond acceptors (Lipinski definition) is 5. The molecular weight excluding hydrogens is 287 g/mol. The zero-order chi connectivity index (χ0) is 15.5. The Morgan fingerprint density at radius 1 is 1.33 bits per heavy atom. The van der Waals surface area contributed by atoms with Gasteiger partial charge in [0.05, 0.1) is 13.2 Å². The van der Waals surface area contributed by atoms with Crippen LogP contribution in [0.25, 0.3) is 11.4 Å². The van der Waals surface area contributed by atoms with Crippen LogP contribution in [-0.4, -0.2) is 39.6 Å². The number of anilines is 1. The zero-order valence-electron chi connectivity index (χ0n) is 11.3. The van der Waals surface area contributed by atoms with Crippen LogP contribution in [-0.2, 0) is 11.3 Å². The fraction of sp³-hybridized carbons (Fsp3) is 0.417. The highest BCUT2D eigenvalue weighted by Crippen LogP contribution is 2.21. The molecule has 0 radical (unpaired) electrons. The van der Waals surface area contributed by atoms with Crippen molar-refractivity contribution in [3.63, 3.8) is 0 Å². The minimum atomic E-state index is -4.34. The number of nitrogens with two attached hydrogens (primary N) is 1. The predicted octanol–water partition coefficient (Wildman–Crippen LogP) is 1.81. The van der Waals surface area contributed by atoms with Gasteiger partial charge in [-0.3, -0.25) is 0 Å². The average molecular weight is 301 g/mol. The Balaban J connectivity index is 2.03. The summed E-state index contributed by atoms with van der Waals surface area (Å²) in [5.41, 5.74) is 8.03. The SMILES string of the molecule is Cc1ccc(-c2nnnn2CCOCC(F)(F)F)cc1N. The second kappa shape index (κ2) is 6.08. The van der Waals surface area contributed by atoms with Gasteiger partial charge in [-0.2, -0.15) is 13.2 Å². The molecule has 0 saturated heterocycles. The molecule has 0 spiro atoms. The van der Waals surface area contributed by atoms with Gasteiger partial charge in [0, 0.05) is 11.3 Å². The number of aromatic nitrogens is 4. The zero-order valence-corrected chi connectivity index (χ0v) is 11.3. The molecule has 0 aliphatic rings. The van der Waals surface area contributed by atoms with E-state index < -0.39 is 12.8 Å². The van der Waals surface area contributed by atoms with Crippen molar-refractivity contribution in [2.75, 3.05) is 18.9 Å². The van der Waals surface area contributed by atoms with Crippen molar-refractivity contribution < 1.29 is 17.9 Å².